The topological polar surface area (TPSA) is 137 Å². The normalized spacial score (nSPS) is 21.1. The fourth-order valence-corrected chi connectivity index (χ4v) is 2.87. The smallest absolute Gasteiger partial charge is 0.418 e. The summed E-state index contributed by atoms with van der Waals surface area (Å²) in [6.45, 7) is 3.66. The maximum atomic E-state index is 12.7. The molecule has 1 heterocycles. The van der Waals surface area contributed by atoms with Crippen LogP contribution >= 0.6 is 11.8 Å². The zero-order chi connectivity index (χ0) is 23.7. The number of rotatable bonds is 4. The predicted octanol–water partition coefficient (Wildman–Crippen LogP) is -0.320. The summed E-state index contributed by atoms with van der Waals surface area (Å²) in [4.78, 5) is 60.5. The molecule has 0 aromatic rings. The predicted molar refractivity (Wildman–Crippen MR) is 112 cm³/mol. The molecule has 1 saturated heterocycles. The minimum absolute atomic E-state index is 0.00162. The number of carbonyl (C=O) groups is 5. The molecule has 0 aromatic heterocycles. The molecule has 1 rings (SSSR count). The van der Waals surface area contributed by atoms with E-state index in [4.69, 9.17) is 14.2 Å². The molecule has 0 aromatic carbocycles. The molecule has 1 atom stereocenters. The average Bonchev–Trinajstić information content (AvgIpc) is 2.65. The standard InChI is InChI=1S/C19H31N3O8S/c1-19(2)12-29-18(27)31-11-8-20-13(23)6-7-21-15(24)14(19)30-17(26)16(25)28-10-9-22(3,4)5/h14H,6-12H2,1-5H3,(H-,20,21,23,24)/p+1/t14-/m0/s1. The number of amides is 2. The Bertz CT molecular complexity index is 690. The molecule has 0 unspecified atom stereocenters. The van der Waals surface area contributed by atoms with E-state index in [0.29, 0.717) is 16.8 Å². The summed E-state index contributed by atoms with van der Waals surface area (Å²) in [6, 6.07) is 0. The number of carbonyl (C=O) groups excluding carboxylic acids is 5. The highest BCUT2D eigenvalue weighted by atomic mass is 32.2. The van der Waals surface area contributed by atoms with Gasteiger partial charge in [0.05, 0.1) is 21.1 Å². The highest BCUT2D eigenvalue weighted by Crippen LogP contribution is 2.26. The molecule has 0 saturated carbocycles. The number of nitrogens with zero attached hydrogens (tertiary/aromatic N) is 1. The van der Waals surface area contributed by atoms with E-state index >= 15 is 0 Å². The summed E-state index contributed by atoms with van der Waals surface area (Å²) >= 11 is 0.878. The molecule has 2 N–H and O–H groups in total. The number of nitrogens with one attached hydrogen (secondary N) is 2. The molecule has 0 aliphatic carbocycles. The lowest BCUT2D eigenvalue weighted by Gasteiger charge is -2.32. The van der Waals surface area contributed by atoms with E-state index in [1.54, 1.807) is 13.8 Å². The van der Waals surface area contributed by atoms with Gasteiger partial charge in [0.25, 0.3) is 5.91 Å². The van der Waals surface area contributed by atoms with Crippen LogP contribution in [0.15, 0.2) is 0 Å². The van der Waals surface area contributed by atoms with Crippen molar-refractivity contribution in [2.75, 3.05) is 59.7 Å². The van der Waals surface area contributed by atoms with Gasteiger partial charge in [0.15, 0.2) is 6.10 Å². The van der Waals surface area contributed by atoms with Crippen LogP contribution < -0.4 is 10.6 Å². The van der Waals surface area contributed by atoms with Crippen molar-refractivity contribution in [1.29, 1.82) is 0 Å². The molecule has 31 heavy (non-hydrogen) atoms. The van der Waals surface area contributed by atoms with Crippen LogP contribution in [0.1, 0.15) is 20.3 Å². The third kappa shape index (κ3) is 10.5. The second-order valence-electron chi connectivity index (χ2n) is 8.70. The summed E-state index contributed by atoms with van der Waals surface area (Å²) < 4.78 is 15.8. The van der Waals surface area contributed by atoms with Crippen LogP contribution in [0.2, 0.25) is 0 Å². The van der Waals surface area contributed by atoms with Gasteiger partial charge < -0.3 is 29.3 Å². The molecule has 0 bridgehead atoms. The highest BCUT2D eigenvalue weighted by molar-refractivity contribution is 8.13. The van der Waals surface area contributed by atoms with Crippen molar-refractivity contribution < 1.29 is 42.7 Å². The van der Waals surface area contributed by atoms with Crippen molar-refractivity contribution in [3.63, 3.8) is 0 Å². The van der Waals surface area contributed by atoms with Gasteiger partial charge in [0.1, 0.15) is 19.8 Å². The molecule has 11 nitrogen and oxygen atoms in total. The van der Waals surface area contributed by atoms with Crippen LogP contribution in [-0.4, -0.2) is 99.4 Å². The van der Waals surface area contributed by atoms with Crippen LogP contribution in [0.25, 0.3) is 0 Å². The summed E-state index contributed by atoms with van der Waals surface area (Å²) in [5.74, 6) is -3.24. The Kier molecular flexibility index (Phi) is 10.2. The molecule has 0 radical (unpaired) electrons. The van der Waals surface area contributed by atoms with E-state index in [1.165, 1.54) is 0 Å². The third-order valence-corrected chi connectivity index (χ3v) is 4.95. The number of esters is 2. The van der Waals surface area contributed by atoms with E-state index in [9.17, 15) is 24.0 Å². The number of cyclic esters (lactones) is 1. The molecule has 0 spiro atoms. The van der Waals surface area contributed by atoms with Gasteiger partial charge in [-0.1, -0.05) is 13.8 Å². The van der Waals surface area contributed by atoms with Gasteiger partial charge in [0.2, 0.25) is 5.91 Å². The first-order valence-corrected chi connectivity index (χ1v) is 10.8. The third-order valence-electron chi connectivity index (χ3n) is 4.19. The van der Waals surface area contributed by atoms with Crippen molar-refractivity contribution in [3.8, 4) is 0 Å². The van der Waals surface area contributed by atoms with Crippen LogP contribution in [0, 0.1) is 5.41 Å². The number of thioether (sulfide) groups is 1. The number of hydrogen-bond acceptors (Lipinski definition) is 9. The largest absolute Gasteiger partial charge is 0.457 e. The maximum absolute atomic E-state index is 12.7. The summed E-state index contributed by atoms with van der Waals surface area (Å²) in [5, 5.41) is 4.53. The number of hydrogen-bond donors (Lipinski definition) is 2. The van der Waals surface area contributed by atoms with Crippen molar-refractivity contribution >= 4 is 40.8 Å². The lowest BCUT2D eigenvalue weighted by molar-refractivity contribution is -0.870. The summed E-state index contributed by atoms with van der Waals surface area (Å²) in [7, 11) is 5.69. The first-order valence-electron chi connectivity index (χ1n) is 9.84. The molecule has 176 valence electrons. The quantitative estimate of drug-likeness (QED) is 0.249. The van der Waals surface area contributed by atoms with Crippen LogP contribution in [-0.2, 0) is 33.4 Å². The van der Waals surface area contributed by atoms with E-state index in [0.717, 1.165) is 11.8 Å². The van der Waals surface area contributed by atoms with Crippen LogP contribution in [0.5, 0.6) is 0 Å². The second kappa shape index (κ2) is 11.9. The monoisotopic (exact) mass is 462 g/mol. The highest BCUT2D eigenvalue weighted by Gasteiger charge is 2.41. The Hall–Kier alpha value is -2.34. The minimum Gasteiger partial charge on any atom is -0.457 e. The van der Waals surface area contributed by atoms with E-state index < -0.39 is 34.7 Å². The second-order valence-corrected chi connectivity index (χ2v) is 9.73. The average molecular weight is 463 g/mol. The Labute approximate surface area is 186 Å². The molecule has 12 heteroatoms. The van der Waals surface area contributed by atoms with E-state index in [-0.39, 0.29) is 38.6 Å². The van der Waals surface area contributed by atoms with Gasteiger partial charge >= 0.3 is 17.2 Å². The van der Waals surface area contributed by atoms with Gasteiger partial charge in [-0.3, -0.25) is 9.59 Å². The lowest BCUT2D eigenvalue weighted by Crippen LogP contribution is -2.50. The molecule has 2 amide bonds. The molecular formula is C19H32N3O8S+. The molecule has 1 fully saturated rings. The van der Waals surface area contributed by atoms with Crippen molar-refractivity contribution in [1.82, 2.24) is 10.6 Å². The summed E-state index contributed by atoms with van der Waals surface area (Å²) in [5.41, 5.74) is -1.15. The van der Waals surface area contributed by atoms with Crippen molar-refractivity contribution in [3.05, 3.63) is 0 Å². The van der Waals surface area contributed by atoms with E-state index in [2.05, 4.69) is 10.6 Å². The Morgan fingerprint density at radius 3 is 2.45 bits per heavy atom. The summed E-state index contributed by atoms with van der Waals surface area (Å²) in [6.07, 6.45) is -1.44. The number of likely N-dealkylation sites (N-methyl/N-ethyl adjacent to an activating group) is 1. The fraction of sp³-hybridized carbons (Fsp3) is 0.737. The maximum Gasteiger partial charge on any atom is 0.418 e. The zero-order valence-electron chi connectivity index (χ0n) is 18.6. The van der Waals surface area contributed by atoms with E-state index in [1.807, 2.05) is 21.1 Å². The van der Waals surface area contributed by atoms with Crippen molar-refractivity contribution in [2.45, 2.75) is 26.4 Å². The van der Waals surface area contributed by atoms with Crippen LogP contribution in [0.3, 0.4) is 0 Å². The lowest BCUT2D eigenvalue weighted by atomic mass is 9.86. The molecule has 1 aliphatic heterocycles. The first-order chi connectivity index (χ1) is 14.3. The Morgan fingerprint density at radius 1 is 1.13 bits per heavy atom. The number of quaternary nitrogens is 1. The van der Waals surface area contributed by atoms with Gasteiger partial charge in [-0.25, -0.2) is 14.4 Å². The van der Waals surface area contributed by atoms with Gasteiger partial charge in [-0.15, -0.1) is 0 Å². The van der Waals surface area contributed by atoms with Gasteiger partial charge in [-0.05, 0) is 11.8 Å². The van der Waals surface area contributed by atoms with Crippen molar-refractivity contribution in [2.24, 2.45) is 5.41 Å². The molecule has 1 aliphatic rings. The molecular weight excluding hydrogens is 430 g/mol. The zero-order valence-corrected chi connectivity index (χ0v) is 19.5. The van der Waals surface area contributed by atoms with Crippen LogP contribution in [0.4, 0.5) is 4.79 Å². The Morgan fingerprint density at radius 2 is 1.81 bits per heavy atom. The van der Waals surface area contributed by atoms with Gasteiger partial charge in [0, 0.05) is 30.7 Å². The fourth-order valence-electron chi connectivity index (χ4n) is 2.36. The van der Waals surface area contributed by atoms with Gasteiger partial charge in [-0.2, -0.15) is 0 Å². The Balaban J connectivity index is 2.87. The first kappa shape index (κ1) is 26.7. The SMILES string of the molecule is CC1(C)COC(=O)SCCNC(=O)CCNC(=O)[C@@H]1OC(=O)C(=O)OCC[N+](C)(C)C. The minimum atomic E-state index is -1.45. The number of ether oxygens (including phenoxy) is 3.